The summed E-state index contributed by atoms with van der Waals surface area (Å²) >= 11 is 0. The fraction of sp³-hybridized carbons (Fsp3) is 0.462. The fourth-order valence-electron chi connectivity index (χ4n) is 1.76. The summed E-state index contributed by atoms with van der Waals surface area (Å²) in [6.07, 6.45) is 2.82. The van der Waals surface area contributed by atoms with Gasteiger partial charge in [0.15, 0.2) is 11.5 Å². The predicted octanol–water partition coefficient (Wildman–Crippen LogP) is 2.51. The Labute approximate surface area is 101 Å². The number of oxazole rings is 1. The van der Waals surface area contributed by atoms with Gasteiger partial charge in [-0.3, -0.25) is 0 Å². The highest BCUT2D eigenvalue weighted by molar-refractivity contribution is 5.74. The van der Waals surface area contributed by atoms with Crippen molar-refractivity contribution in [3.8, 4) is 5.75 Å². The maximum Gasteiger partial charge on any atom is 0.195 e. The Kier molecular flexibility index (Phi) is 3.64. The molecule has 0 spiro atoms. The number of aromatic nitrogens is 1. The van der Waals surface area contributed by atoms with Gasteiger partial charge in [0.05, 0.1) is 7.11 Å². The molecule has 1 unspecified atom stereocenters. The number of ether oxygens (including phenoxy) is 1. The van der Waals surface area contributed by atoms with E-state index in [4.69, 9.17) is 14.9 Å². The van der Waals surface area contributed by atoms with Gasteiger partial charge < -0.3 is 14.9 Å². The van der Waals surface area contributed by atoms with Gasteiger partial charge in [0.2, 0.25) is 0 Å². The van der Waals surface area contributed by atoms with E-state index in [1.807, 2.05) is 25.1 Å². The molecular weight excluding hydrogens is 216 g/mol. The maximum atomic E-state index is 5.70. The van der Waals surface area contributed by atoms with Crippen LogP contribution in [0, 0.1) is 0 Å². The van der Waals surface area contributed by atoms with Gasteiger partial charge in [-0.1, -0.05) is 0 Å². The van der Waals surface area contributed by atoms with Crippen LogP contribution in [0.15, 0.2) is 22.6 Å². The van der Waals surface area contributed by atoms with E-state index in [1.165, 1.54) is 0 Å². The van der Waals surface area contributed by atoms with Gasteiger partial charge in [0, 0.05) is 18.5 Å². The molecule has 2 rings (SSSR count). The molecule has 0 radical (unpaired) electrons. The Balaban J connectivity index is 2.09. The van der Waals surface area contributed by atoms with Crippen molar-refractivity contribution in [1.82, 2.24) is 4.98 Å². The summed E-state index contributed by atoms with van der Waals surface area (Å²) in [6, 6.07) is 5.89. The predicted molar refractivity (Wildman–Crippen MR) is 67.1 cm³/mol. The zero-order valence-corrected chi connectivity index (χ0v) is 10.3. The number of hydrogen-bond donors (Lipinski definition) is 1. The second-order valence-electron chi connectivity index (χ2n) is 4.31. The number of methoxy groups -OCH3 is 1. The van der Waals surface area contributed by atoms with Gasteiger partial charge >= 0.3 is 0 Å². The van der Waals surface area contributed by atoms with Crippen molar-refractivity contribution >= 4 is 11.1 Å². The number of nitrogens with two attached hydrogens (primary N) is 1. The third-order valence-electron chi connectivity index (χ3n) is 2.69. The van der Waals surface area contributed by atoms with Gasteiger partial charge in [0.25, 0.3) is 0 Å². The molecule has 0 aliphatic rings. The van der Waals surface area contributed by atoms with Crippen LogP contribution in [0.5, 0.6) is 5.75 Å². The zero-order valence-electron chi connectivity index (χ0n) is 10.3. The van der Waals surface area contributed by atoms with Crippen LogP contribution in [0.2, 0.25) is 0 Å². The number of nitrogens with zero attached hydrogens (tertiary/aromatic N) is 1. The third kappa shape index (κ3) is 2.97. The Morgan fingerprint density at radius 2 is 2.29 bits per heavy atom. The fourth-order valence-corrected chi connectivity index (χ4v) is 1.76. The van der Waals surface area contributed by atoms with Gasteiger partial charge in [-0.05, 0) is 31.9 Å². The lowest BCUT2D eigenvalue weighted by Crippen LogP contribution is -2.14. The van der Waals surface area contributed by atoms with Crippen molar-refractivity contribution in [2.45, 2.75) is 32.2 Å². The molecule has 0 aliphatic heterocycles. The summed E-state index contributed by atoms with van der Waals surface area (Å²) in [5, 5.41) is 0. The zero-order chi connectivity index (χ0) is 12.3. The highest BCUT2D eigenvalue weighted by Crippen LogP contribution is 2.22. The first-order valence-electron chi connectivity index (χ1n) is 5.88. The molecule has 1 aromatic heterocycles. The Morgan fingerprint density at radius 3 is 3.00 bits per heavy atom. The van der Waals surface area contributed by atoms with Crippen LogP contribution in [0.1, 0.15) is 25.7 Å². The molecule has 0 saturated heterocycles. The van der Waals surface area contributed by atoms with Crippen LogP contribution in [0.3, 0.4) is 0 Å². The lowest BCUT2D eigenvalue weighted by molar-refractivity contribution is 0.414. The van der Waals surface area contributed by atoms with Crippen LogP contribution in [0.4, 0.5) is 0 Å². The quantitative estimate of drug-likeness (QED) is 0.863. The van der Waals surface area contributed by atoms with Crippen molar-refractivity contribution < 1.29 is 9.15 Å². The van der Waals surface area contributed by atoms with E-state index in [9.17, 15) is 0 Å². The maximum absolute atomic E-state index is 5.70. The van der Waals surface area contributed by atoms with E-state index >= 15 is 0 Å². The van der Waals surface area contributed by atoms with Crippen molar-refractivity contribution in [1.29, 1.82) is 0 Å². The molecule has 1 aromatic carbocycles. The minimum atomic E-state index is 0.236. The summed E-state index contributed by atoms with van der Waals surface area (Å²) < 4.78 is 10.8. The summed E-state index contributed by atoms with van der Waals surface area (Å²) in [6.45, 7) is 2.01. The number of aryl methyl sites for hydroxylation is 1. The minimum Gasteiger partial charge on any atom is -0.497 e. The van der Waals surface area contributed by atoms with Gasteiger partial charge in [-0.15, -0.1) is 0 Å². The average Bonchev–Trinajstić information content (AvgIpc) is 2.69. The Hall–Kier alpha value is -1.55. The SMILES string of the molecule is COc1ccc2nc(CCCC(C)N)oc2c1. The molecule has 2 N–H and O–H groups in total. The molecule has 17 heavy (non-hydrogen) atoms. The van der Waals surface area contributed by atoms with Crippen LogP contribution in [-0.2, 0) is 6.42 Å². The van der Waals surface area contributed by atoms with E-state index in [2.05, 4.69) is 4.98 Å². The minimum absolute atomic E-state index is 0.236. The smallest absolute Gasteiger partial charge is 0.195 e. The molecule has 0 aliphatic carbocycles. The lowest BCUT2D eigenvalue weighted by Gasteiger charge is -2.01. The van der Waals surface area contributed by atoms with Gasteiger partial charge in [-0.2, -0.15) is 0 Å². The topological polar surface area (TPSA) is 61.3 Å². The lowest BCUT2D eigenvalue weighted by atomic mass is 10.1. The molecule has 2 aromatic rings. The third-order valence-corrected chi connectivity index (χ3v) is 2.69. The molecule has 1 atom stereocenters. The number of rotatable bonds is 5. The first-order valence-corrected chi connectivity index (χ1v) is 5.88. The summed E-state index contributed by atoms with van der Waals surface area (Å²) in [4.78, 5) is 4.42. The second kappa shape index (κ2) is 5.19. The molecule has 4 heteroatoms. The monoisotopic (exact) mass is 234 g/mol. The summed E-state index contributed by atoms with van der Waals surface area (Å²) in [7, 11) is 1.64. The highest BCUT2D eigenvalue weighted by Gasteiger charge is 2.07. The van der Waals surface area contributed by atoms with E-state index < -0.39 is 0 Å². The van der Waals surface area contributed by atoms with E-state index in [0.717, 1.165) is 42.0 Å². The first-order chi connectivity index (χ1) is 8.19. The van der Waals surface area contributed by atoms with Gasteiger partial charge in [0.1, 0.15) is 11.3 Å². The van der Waals surface area contributed by atoms with Crippen molar-refractivity contribution in [2.75, 3.05) is 7.11 Å². The molecule has 0 amide bonds. The number of fused-ring (bicyclic) bond motifs is 1. The average molecular weight is 234 g/mol. The van der Waals surface area contributed by atoms with E-state index in [-0.39, 0.29) is 6.04 Å². The number of benzene rings is 1. The summed E-state index contributed by atoms with van der Waals surface area (Å²) in [5.41, 5.74) is 7.36. The molecule has 4 nitrogen and oxygen atoms in total. The molecular formula is C13H18N2O2. The first kappa shape index (κ1) is 11.9. The Bertz CT molecular complexity index is 491. The van der Waals surface area contributed by atoms with E-state index in [0.29, 0.717) is 0 Å². The number of hydrogen-bond acceptors (Lipinski definition) is 4. The molecule has 1 heterocycles. The molecule has 0 bridgehead atoms. The van der Waals surface area contributed by atoms with Crippen molar-refractivity contribution in [3.05, 3.63) is 24.1 Å². The molecule has 0 saturated carbocycles. The second-order valence-corrected chi connectivity index (χ2v) is 4.31. The van der Waals surface area contributed by atoms with Crippen molar-refractivity contribution in [3.63, 3.8) is 0 Å². The normalized spacial score (nSPS) is 12.9. The van der Waals surface area contributed by atoms with E-state index in [1.54, 1.807) is 7.11 Å². The molecule has 92 valence electrons. The van der Waals surface area contributed by atoms with Crippen LogP contribution in [0.25, 0.3) is 11.1 Å². The van der Waals surface area contributed by atoms with Crippen LogP contribution in [-0.4, -0.2) is 18.1 Å². The Morgan fingerprint density at radius 1 is 1.47 bits per heavy atom. The van der Waals surface area contributed by atoms with Gasteiger partial charge in [-0.25, -0.2) is 4.98 Å². The van der Waals surface area contributed by atoms with Crippen molar-refractivity contribution in [2.24, 2.45) is 5.73 Å². The molecule has 0 fully saturated rings. The van der Waals surface area contributed by atoms with Crippen LogP contribution < -0.4 is 10.5 Å². The largest absolute Gasteiger partial charge is 0.497 e. The summed E-state index contributed by atoms with van der Waals surface area (Å²) in [5.74, 6) is 1.56. The standard InChI is InChI=1S/C13H18N2O2/c1-9(14)4-3-5-13-15-11-7-6-10(16-2)8-12(11)17-13/h6-9H,3-5,14H2,1-2H3. The highest BCUT2D eigenvalue weighted by atomic mass is 16.5. The van der Waals surface area contributed by atoms with Crippen LogP contribution >= 0.6 is 0 Å².